The zero-order valence-corrected chi connectivity index (χ0v) is 9.85. The van der Waals surface area contributed by atoms with Crippen LogP contribution in [0.2, 0.25) is 0 Å². The van der Waals surface area contributed by atoms with Crippen LogP contribution in [0.3, 0.4) is 0 Å². The van der Waals surface area contributed by atoms with Crippen LogP contribution in [0.4, 0.5) is 11.4 Å². The summed E-state index contributed by atoms with van der Waals surface area (Å²) in [7, 11) is 0. The lowest BCUT2D eigenvalue weighted by Crippen LogP contribution is -2.44. The molecule has 1 saturated heterocycles. The van der Waals surface area contributed by atoms with Crippen LogP contribution in [0.5, 0.6) is 0 Å². The molecule has 2 rings (SSSR count). The second kappa shape index (κ2) is 4.63. The molecule has 17 heavy (non-hydrogen) atoms. The number of amides is 1. The van der Waals surface area contributed by atoms with Gasteiger partial charge in [0.1, 0.15) is 0 Å². The van der Waals surface area contributed by atoms with Crippen molar-refractivity contribution in [3.05, 3.63) is 23.8 Å². The minimum Gasteiger partial charge on any atom is -0.399 e. The van der Waals surface area contributed by atoms with E-state index in [9.17, 15) is 4.79 Å². The third-order valence-electron chi connectivity index (χ3n) is 2.75. The van der Waals surface area contributed by atoms with E-state index in [-0.39, 0.29) is 12.0 Å². The molecule has 92 valence electrons. The lowest BCUT2D eigenvalue weighted by atomic mass is 10.1. The molecule has 1 aromatic carbocycles. The maximum atomic E-state index is 12.2. The van der Waals surface area contributed by atoms with Crippen LogP contribution in [-0.4, -0.2) is 36.6 Å². The summed E-state index contributed by atoms with van der Waals surface area (Å²) >= 11 is 0. The normalized spacial score (nSPS) is 20.3. The number of carbonyl (C=O) groups is 1. The number of morpholine rings is 1. The molecular formula is C12H17N3O2. The Kier molecular flexibility index (Phi) is 3.19. The highest BCUT2D eigenvalue weighted by molar-refractivity contribution is 5.96. The zero-order valence-electron chi connectivity index (χ0n) is 9.85. The number of rotatable bonds is 1. The summed E-state index contributed by atoms with van der Waals surface area (Å²) in [5.74, 6) is -0.0425. The fourth-order valence-corrected chi connectivity index (χ4v) is 1.99. The zero-order chi connectivity index (χ0) is 12.4. The third kappa shape index (κ3) is 2.68. The molecule has 1 fully saturated rings. The fourth-order valence-electron chi connectivity index (χ4n) is 1.99. The maximum absolute atomic E-state index is 12.2. The van der Waals surface area contributed by atoms with Gasteiger partial charge in [-0.1, -0.05) is 0 Å². The lowest BCUT2D eigenvalue weighted by molar-refractivity contribution is -0.0124. The maximum Gasteiger partial charge on any atom is 0.254 e. The quantitative estimate of drug-likeness (QED) is 0.702. The van der Waals surface area contributed by atoms with Crippen LogP contribution in [0.1, 0.15) is 17.3 Å². The highest BCUT2D eigenvalue weighted by Gasteiger charge is 2.22. The summed E-state index contributed by atoms with van der Waals surface area (Å²) in [6.45, 7) is 3.74. The van der Waals surface area contributed by atoms with E-state index in [2.05, 4.69) is 0 Å². The first-order chi connectivity index (χ1) is 8.06. The number of nitrogens with two attached hydrogens (primary N) is 2. The molecule has 0 aromatic heterocycles. The van der Waals surface area contributed by atoms with Crippen molar-refractivity contribution >= 4 is 17.3 Å². The molecule has 1 aromatic rings. The number of anilines is 2. The predicted molar refractivity (Wildman–Crippen MR) is 66.6 cm³/mol. The van der Waals surface area contributed by atoms with Gasteiger partial charge in [-0.3, -0.25) is 4.79 Å². The summed E-state index contributed by atoms with van der Waals surface area (Å²) in [5.41, 5.74) is 12.9. The van der Waals surface area contributed by atoms with Crippen molar-refractivity contribution in [2.75, 3.05) is 31.2 Å². The average molecular weight is 235 g/mol. The van der Waals surface area contributed by atoms with E-state index in [0.717, 1.165) is 0 Å². The molecule has 1 aliphatic rings. The van der Waals surface area contributed by atoms with Crippen molar-refractivity contribution in [3.8, 4) is 0 Å². The highest BCUT2D eigenvalue weighted by Crippen LogP contribution is 2.17. The van der Waals surface area contributed by atoms with Gasteiger partial charge in [0.05, 0.1) is 12.7 Å². The Bertz CT molecular complexity index is 414. The van der Waals surface area contributed by atoms with Crippen molar-refractivity contribution in [2.45, 2.75) is 13.0 Å². The lowest BCUT2D eigenvalue weighted by Gasteiger charge is -2.31. The van der Waals surface area contributed by atoms with Gasteiger partial charge in [0.2, 0.25) is 0 Å². The number of benzene rings is 1. The summed E-state index contributed by atoms with van der Waals surface area (Å²) in [6, 6.07) is 4.94. The summed E-state index contributed by atoms with van der Waals surface area (Å²) in [4.78, 5) is 14.0. The van der Waals surface area contributed by atoms with E-state index in [1.807, 2.05) is 6.92 Å². The number of nitrogen functional groups attached to an aromatic ring is 2. The Morgan fingerprint density at radius 3 is 2.59 bits per heavy atom. The molecule has 1 aliphatic heterocycles. The molecule has 1 heterocycles. The Morgan fingerprint density at radius 2 is 2.00 bits per heavy atom. The minimum atomic E-state index is -0.0425. The van der Waals surface area contributed by atoms with Gasteiger partial charge in [0, 0.05) is 30.0 Å². The smallest absolute Gasteiger partial charge is 0.254 e. The molecule has 1 atom stereocenters. The molecule has 5 nitrogen and oxygen atoms in total. The monoisotopic (exact) mass is 235 g/mol. The van der Waals surface area contributed by atoms with E-state index < -0.39 is 0 Å². The van der Waals surface area contributed by atoms with E-state index in [1.54, 1.807) is 23.1 Å². The number of ether oxygens (including phenoxy) is 1. The average Bonchev–Trinajstić information content (AvgIpc) is 2.26. The molecule has 5 heteroatoms. The van der Waals surface area contributed by atoms with Crippen LogP contribution in [0.15, 0.2) is 18.2 Å². The number of nitrogens with zero attached hydrogens (tertiary/aromatic N) is 1. The fraction of sp³-hybridized carbons (Fsp3) is 0.417. The van der Waals surface area contributed by atoms with E-state index in [0.29, 0.717) is 36.6 Å². The van der Waals surface area contributed by atoms with Crippen molar-refractivity contribution in [2.24, 2.45) is 0 Å². The van der Waals surface area contributed by atoms with Gasteiger partial charge in [0.15, 0.2) is 0 Å². The van der Waals surface area contributed by atoms with Crippen molar-refractivity contribution in [1.82, 2.24) is 4.90 Å². The SMILES string of the molecule is CC1CN(C(=O)c2cc(N)cc(N)c2)CCO1. The summed E-state index contributed by atoms with van der Waals surface area (Å²) in [6.07, 6.45) is 0.0751. The van der Waals surface area contributed by atoms with Gasteiger partial charge in [0.25, 0.3) is 5.91 Å². The topological polar surface area (TPSA) is 81.6 Å². The van der Waals surface area contributed by atoms with Gasteiger partial charge in [-0.25, -0.2) is 0 Å². The second-order valence-corrected chi connectivity index (χ2v) is 4.32. The molecule has 0 aliphatic carbocycles. The predicted octanol–water partition coefficient (Wildman–Crippen LogP) is 0.712. The Labute approximate surface area is 100 Å². The standard InChI is InChI=1S/C12H17N3O2/c1-8-7-15(2-3-17-8)12(16)9-4-10(13)6-11(14)5-9/h4-6,8H,2-3,7,13-14H2,1H3. The Hall–Kier alpha value is -1.75. The van der Waals surface area contributed by atoms with Crippen molar-refractivity contribution in [1.29, 1.82) is 0 Å². The molecule has 0 saturated carbocycles. The first kappa shape index (κ1) is 11.7. The number of carbonyl (C=O) groups excluding carboxylic acids is 1. The van der Waals surface area contributed by atoms with Gasteiger partial charge < -0.3 is 21.1 Å². The van der Waals surface area contributed by atoms with E-state index in [4.69, 9.17) is 16.2 Å². The van der Waals surface area contributed by atoms with Crippen LogP contribution in [0.25, 0.3) is 0 Å². The molecule has 0 radical (unpaired) electrons. The van der Waals surface area contributed by atoms with E-state index >= 15 is 0 Å². The van der Waals surface area contributed by atoms with Crippen LogP contribution < -0.4 is 11.5 Å². The molecule has 0 spiro atoms. The number of hydrogen-bond donors (Lipinski definition) is 2. The summed E-state index contributed by atoms with van der Waals surface area (Å²) < 4.78 is 5.40. The van der Waals surface area contributed by atoms with Crippen LogP contribution in [-0.2, 0) is 4.74 Å². The van der Waals surface area contributed by atoms with Gasteiger partial charge in [-0.2, -0.15) is 0 Å². The van der Waals surface area contributed by atoms with Gasteiger partial charge in [-0.15, -0.1) is 0 Å². The molecule has 0 bridgehead atoms. The third-order valence-corrected chi connectivity index (χ3v) is 2.75. The molecule has 4 N–H and O–H groups in total. The number of hydrogen-bond acceptors (Lipinski definition) is 4. The van der Waals surface area contributed by atoms with Crippen LogP contribution in [0, 0.1) is 0 Å². The summed E-state index contributed by atoms with van der Waals surface area (Å²) in [5, 5.41) is 0. The van der Waals surface area contributed by atoms with Crippen molar-refractivity contribution in [3.63, 3.8) is 0 Å². The largest absolute Gasteiger partial charge is 0.399 e. The van der Waals surface area contributed by atoms with Gasteiger partial charge >= 0.3 is 0 Å². The second-order valence-electron chi connectivity index (χ2n) is 4.32. The Balaban J connectivity index is 2.18. The first-order valence-corrected chi connectivity index (χ1v) is 5.63. The van der Waals surface area contributed by atoms with Crippen LogP contribution >= 0.6 is 0 Å². The Morgan fingerprint density at radius 1 is 1.35 bits per heavy atom. The molecule has 1 amide bonds. The minimum absolute atomic E-state index is 0.0425. The van der Waals surface area contributed by atoms with Gasteiger partial charge in [-0.05, 0) is 25.1 Å². The molecular weight excluding hydrogens is 218 g/mol. The highest BCUT2D eigenvalue weighted by atomic mass is 16.5. The first-order valence-electron chi connectivity index (χ1n) is 5.63. The van der Waals surface area contributed by atoms with Crippen molar-refractivity contribution < 1.29 is 9.53 Å². The van der Waals surface area contributed by atoms with E-state index in [1.165, 1.54) is 0 Å². The molecule has 1 unspecified atom stereocenters.